The van der Waals surface area contributed by atoms with Crippen LogP contribution in [0, 0.1) is 0 Å². The van der Waals surface area contributed by atoms with Gasteiger partial charge >= 0.3 is 0 Å². The average Bonchev–Trinajstić information content (AvgIpc) is 3.32. The maximum absolute atomic E-state index is 12.6. The molecule has 8 heteroatoms. The number of likely N-dealkylation sites (tertiary alicyclic amines) is 1. The maximum atomic E-state index is 12.6. The average molecular weight is 418 g/mol. The second kappa shape index (κ2) is 10.3. The van der Waals surface area contributed by atoms with Crippen molar-refractivity contribution in [3.05, 3.63) is 23.8 Å². The van der Waals surface area contributed by atoms with E-state index in [1.807, 2.05) is 11.0 Å². The fourth-order valence-electron chi connectivity index (χ4n) is 3.91. The van der Waals surface area contributed by atoms with Gasteiger partial charge in [-0.25, -0.2) is 0 Å². The molecule has 2 heterocycles. The molecule has 0 spiro atoms. The zero-order valence-electron chi connectivity index (χ0n) is 18.1. The Morgan fingerprint density at radius 3 is 2.13 bits per heavy atom. The van der Waals surface area contributed by atoms with E-state index in [1.54, 1.807) is 44.4 Å². The third-order valence-electron chi connectivity index (χ3n) is 5.64. The third-order valence-corrected chi connectivity index (χ3v) is 5.64. The molecule has 0 N–H and O–H groups in total. The lowest BCUT2D eigenvalue weighted by atomic mass is 10.1. The molecule has 164 valence electrons. The van der Waals surface area contributed by atoms with Gasteiger partial charge in [0.15, 0.2) is 11.5 Å². The van der Waals surface area contributed by atoms with E-state index in [0.717, 1.165) is 31.5 Å². The molecule has 2 saturated heterocycles. The summed E-state index contributed by atoms with van der Waals surface area (Å²) in [6, 6.07) is 3.60. The molecule has 2 aliphatic rings. The van der Waals surface area contributed by atoms with E-state index in [2.05, 4.69) is 4.90 Å². The number of hydrogen-bond donors (Lipinski definition) is 0. The van der Waals surface area contributed by atoms with Crippen molar-refractivity contribution in [3.8, 4) is 17.2 Å². The van der Waals surface area contributed by atoms with E-state index >= 15 is 0 Å². The molecule has 0 saturated carbocycles. The highest BCUT2D eigenvalue weighted by atomic mass is 16.5. The van der Waals surface area contributed by atoms with E-state index in [9.17, 15) is 9.59 Å². The van der Waals surface area contributed by atoms with Gasteiger partial charge in [0.05, 0.1) is 27.9 Å². The topological polar surface area (TPSA) is 71.6 Å². The number of nitrogens with zero attached hydrogens (tertiary/aromatic N) is 3. The van der Waals surface area contributed by atoms with Crippen LogP contribution in [0.25, 0.3) is 6.08 Å². The lowest BCUT2D eigenvalue weighted by Crippen LogP contribution is -2.51. The summed E-state index contributed by atoms with van der Waals surface area (Å²) < 4.78 is 16.1. The molecule has 0 bridgehead atoms. The highest BCUT2D eigenvalue weighted by Crippen LogP contribution is 2.40. The largest absolute Gasteiger partial charge is 0.493 e. The van der Waals surface area contributed by atoms with Crippen molar-refractivity contribution in [1.82, 2.24) is 14.7 Å². The van der Waals surface area contributed by atoms with E-state index in [1.165, 1.54) is 0 Å². The molecule has 0 unspecified atom stereocenters. The maximum Gasteiger partial charge on any atom is 0.246 e. The Hall–Kier alpha value is -2.74. The lowest BCUT2D eigenvalue weighted by Gasteiger charge is -2.34. The lowest BCUT2D eigenvalue weighted by molar-refractivity contribution is -0.132. The molecular formula is C22H31N3O5. The highest BCUT2D eigenvalue weighted by Gasteiger charge is 2.24. The number of benzene rings is 1. The van der Waals surface area contributed by atoms with Gasteiger partial charge in [-0.3, -0.25) is 14.5 Å². The van der Waals surface area contributed by atoms with Crippen molar-refractivity contribution in [1.29, 1.82) is 0 Å². The predicted octanol–water partition coefficient (Wildman–Crippen LogP) is 1.49. The number of methoxy groups -OCH3 is 3. The van der Waals surface area contributed by atoms with Crippen LogP contribution in [-0.2, 0) is 9.59 Å². The summed E-state index contributed by atoms with van der Waals surface area (Å²) in [6.45, 7) is 4.83. The number of carbonyl (C=O) groups excluding carboxylic acids is 2. The fraction of sp³-hybridized carbons (Fsp3) is 0.545. The van der Waals surface area contributed by atoms with Crippen LogP contribution in [0.1, 0.15) is 18.4 Å². The summed E-state index contributed by atoms with van der Waals surface area (Å²) >= 11 is 0. The van der Waals surface area contributed by atoms with Gasteiger partial charge in [-0.05, 0) is 31.1 Å². The van der Waals surface area contributed by atoms with Gasteiger partial charge < -0.3 is 24.0 Å². The number of ether oxygens (including phenoxy) is 3. The summed E-state index contributed by atoms with van der Waals surface area (Å²) in [5.41, 5.74) is 0.735. The smallest absolute Gasteiger partial charge is 0.246 e. The van der Waals surface area contributed by atoms with Gasteiger partial charge in [0.2, 0.25) is 17.6 Å². The molecule has 2 fully saturated rings. The summed E-state index contributed by atoms with van der Waals surface area (Å²) in [5.74, 6) is 1.72. The minimum atomic E-state index is -0.0580. The quantitative estimate of drug-likeness (QED) is 0.626. The number of hydrogen-bond acceptors (Lipinski definition) is 6. The highest BCUT2D eigenvalue weighted by molar-refractivity contribution is 5.92. The minimum absolute atomic E-state index is 0.0580. The van der Waals surface area contributed by atoms with Gasteiger partial charge in [-0.1, -0.05) is 0 Å². The zero-order chi connectivity index (χ0) is 21.5. The first kappa shape index (κ1) is 22.0. The molecular weight excluding hydrogens is 386 g/mol. The monoisotopic (exact) mass is 417 g/mol. The van der Waals surface area contributed by atoms with Crippen molar-refractivity contribution in [2.24, 2.45) is 0 Å². The fourth-order valence-corrected chi connectivity index (χ4v) is 3.91. The van der Waals surface area contributed by atoms with Crippen molar-refractivity contribution in [2.75, 3.05) is 67.1 Å². The first-order valence-corrected chi connectivity index (χ1v) is 10.3. The van der Waals surface area contributed by atoms with Crippen LogP contribution in [0.4, 0.5) is 0 Å². The molecule has 1 aromatic rings. The molecule has 0 atom stereocenters. The summed E-state index contributed by atoms with van der Waals surface area (Å²) in [6.07, 6.45) is 5.48. The third kappa shape index (κ3) is 5.05. The van der Waals surface area contributed by atoms with E-state index in [-0.39, 0.29) is 11.8 Å². The van der Waals surface area contributed by atoms with Crippen LogP contribution >= 0.6 is 0 Å². The Balaban J connectivity index is 1.55. The number of piperazine rings is 1. The first-order chi connectivity index (χ1) is 14.6. The molecule has 1 aromatic carbocycles. The molecule has 0 aliphatic carbocycles. The molecule has 2 amide bonds. The van der Waals surface area contributed by atoms with Gasteiger partial charge in [0.25, 0.3) is 0 Å². The van der Waals surface area contributed by atoms with Crippen molar-refractivity contribution in [2.45, 2.75) is 12.8 Å². The van der Waals surface area contributed by atoms with Crippen LogP contribution in [-0.4, -0.2) is 93.7 Å². The van der Waals surface area contributed by atoms with Gasteiger partial charge in [-0.2, -0.15) is 0 Å². The summed E-state index contributed by atoms with van der Waals surface area (Å²) in [7, 11) is 4.67. The van der Waals surface area contributed by atoms with Crippen LogP contribution in [0.3, 0.4) is 0 Å². The first-order valence-electron chi connectivity index (χ1n) is 10.3. The van der Waals surface area contributed by atoms with E-state index in [0.29, 0.717) is 50.0 Å². The molecule has 0 radical (unpaired) electrons. The van der Waals surface area contributed by atoms with E-state index < -0.39 is 0 Å². The summed E-state index contributed by atoms with van der Waals surface area (Å²) in [4.78, 5) is 30.8. The summed E-state index contributed by atoms with van der Waals surface area (Å²) in [5, 5.41) is 0. The standard InChI is InChI=1S/C22H31N3O5/c1-28-18-8-6-17(21(29-2)22(18)30-3)7-9-19(26)25-14-12-23(13-15-25)16-20(27)24-10-4-5-11-24/h6-9H,4-5,10-16H2,1-3H3/b9-7+. The van der Waals surface area contributed by atoms with Crippen LogP contribution in [0.2, 0.25) is 0 Å². The molecule has 3 rings (SSSR count). The van der Waals surface area contributed by atoms with Gasteiger partial charge in [0, 0.05) is 50.9 Å². The van der Waals surface area contributed by atoms with Gasteiger partial charge in [-0.15, -0.1) is 0 Å². The van der Waals surface area contributed by atoms with Crippen LogP contribution < -0.4 is 14.2 Å². The number of amides is 2. The number of carbonyl (C=O) groups is 2. The zero-order valence-corrected chi connectivity index (χ0v) is 18.1. The second-order valence-electron chi connectivity index (χ2n) is 7.45. The Morgan fingerprint density at radius 1 is 0.867 bits per heavy atom. The molecule has 30 heavy (non-hydrogen) atoms. The number of rotatable bonds is 7. The Labute approximate surface area is 178 Å². The molecule has 8 nitrogen and oxygen atoms in total. The Morgan fingerprint density at radius 2 is 1.53 bits per heavy atom. The van der Waals surface area contributed by atoms with E-state index in [4.69, 9.17) is 14.2 Å². The van der Waals surface area contributed by atoms with Crippen LogP contribution in [0.15, 0.2) is 18.2 Å². The van der Waals surface area contributed by atoms with Crippen molar-refractivity contribution < 1.29 is 23.8 Å². The predicted molar refractivity (Wildman–Crippen MR) is 114 cm³/mol. The Bertz CT molecular complexity index is 781. The van der Waals surface area contributed by atoms with Gasteiger partial charge in [0.1, 0.15) is 0 Å². The second-order valence-corrected chi connectivity index (χ2v) is 7.45. The molecule has 0 aromatic heterocycles. The SMILES string of the molecule is COc1ccc(/C=C/C(=O)N2CCN(CC(=O)N3CCCC3)CC2)c(OC)c1OC. The Kier molecular flexibility index (Phi) is 7.57. The van der Waals surface area contributed by atoms with Crippen molar-refractivity contribution >= 4 is 17.9 Å². The minimum Gasteiger partial charge on any atom is -0.493 e. The molecule has 2 aliphatic heterocycles. The normalized spacial score (nSPS) is 17.4. The van der Waals surface area contributed by atoms with Crippen LogP contribution in [0.5, 0.6) is 17.2 Å². The van der Waals surface area contributed by atoms with Crippen molar-refractivity contribution in [3.63, 3.8) is 0 Å².